The molecule has 0 N–H and O–H groups in total. The second-order valence-corrected chi connectivity index (χ2v) is 7.71. The van der Waals surface area contributed by atoms with E-state index in [1.54, 1.807) is 30.4 Å². The lowest BCUT2D eigenvalue weighted by molar-refractivity contribution is -0.119. The number of carbonyl (C=O) groups is 1. The van der Waals surface area contributed by atoms with Gasteiger partial charge in [-0.3, -0.25) is 14.6 Å². The monoisotopic (exact) mass is 412 g/mol. The average molecular weight is 412 g/mol. The molecular weight excluding hydrogens is 388 g/mol. The Kier molecular flexibility index (Phi) is 5.62. The van der Waals surface area contributed by atoms with Crippen LogP contribution in [-0.2, 0) is 17.8 Å². The molecule has 2 aromatic heterocycles. The van der Waals surface area contributed by atoms with Crippen molar-refractivity contribution in [2.45, 2.75) is 26.8 Å². The van der Waals surface area contributed by atoms with Gasteiger partial charge in [0.1, 0.15) is 6.54 Å². The molecule has 2 heterocycles. The summed E-state index contributed by atoms with van der Waals surface area (Å²) in [5, 5.41) is 5.92. The smallest absolute Gasteiger partial charge is 0.275 e. The van der Waals surface area contributed by atoms with E-state index in [-0.39, 0.29) is 18.0 Å². The first-order valence-electron chi connectivity index (χ1n) is 10.2. The van der Waals surface area contributed by atoms with Crippen molar-refractivity contribution in [2.24, 2.45) is 0 Å². The van der Waals surface area contributed by atoms with Gasteiger partial charge >= 0.3 is 0 Å². The molecule has 6 heteroatoms. The second kappa shape index (κ2) is 8.52. The summed E-state index contributed by atoms with van der Waals surface area (Å²) in [7, 11) is 1.72. The topological polar surface area (TPSA) is 68.1 Å². The fraction of sp³-hybridized carbons (Fsp3) is 0.200. The quantitative estimate of drug-likeness (QED) is 0.502. The minimum Gasteiger partial charge on any atom is -0.314 e. The third kappa shape index (κ3) is 4.23. The van der Waals surface area contributed by atoms with Crippen LogP contribution in [0.15, 0.2) is 71.8 Å². The molecule has 2 aromatic carbocycles. The van der Waals surface area contributed by atoms with Gasteiger partial charge in [0.2, 0.25) is 5.91 Å². The Hall–Kier alpha value is -3.80. The maximum absolute atomic E-state index is 13.0. The highest BCUT2D eigenvalue weighted by Gasteiger charge is 2.17. The predicted octanol–water partition coefficient (Wildman–Crippen LogP) is 3.66. The molecule has 0 unspecified atom stereocenters. The van der Waals surface area contributed by atoms with E-state index in [4.69, 9.17) is 0 Å². The highest BCUT2D eigenvalue weighted by atomic mass is 16.2. The first-order valence-corrected chi connectivity index (χ1v) is 10.2. The number of aryl methyl sites for hydroxylation is 2. The van der Waals surface area contributed by atoms with Gasteiger partial charge in [-0.05, 0) is 54.8 Å². The Morgan fingerprint density at radius 1 is 1.00 bits per heavy atom. The van der Waals surface area contributed by atoms with Gasteiger partial charge in [-0.2, -0.15) is 5.10 Å². The number of aromatic nitrogens is 3. The molecule has 0 radical (unpaired) electrons. The van der Waals surface area contributed by atoms with E-state index >= 15 is 0 Å². The molecule has 156 valence electrons. The van der Waals surface area contributed by atoms with E-state index in [1.165, 1.54) is 4.68 Å². The molecule has 0 aliphatic heterocycles. The number of rotatable bonds is 5. The van der Waals surface area contributed by atoms with E-state index in [1.807, 2.05) is 62.4 Å². The Bertz CT molecular complexity index is 1310. The Balaban J connectivity index is 1.70. The van der Waals surface area contributed by atoms with Gasteiger partial charge in [0.15, 0.2) is 0 Å². The van der Waals surface area contributed by atoms with Crippen LogP contribution in [-0.4, -0.2) is 27.7 Å². The van der Waals surface area contributed by atoms with Crippen LogP contribution < -0.4 is 10.5 Å². The summed E-state index contributed by atoms with van der Waals surface area (Å²) in [5.41, 5.74) is 4.52. The lowest BCUT2D eigenvalue weighted by atomic mass is 10.1. The average Bonchev–Trinajstić information content (AvgIpc) is 2.79. The Labute approximate surface area is 180 Å². The van der Waals surface area contributed by atoms with Crippen LogP contribution in [0.1, 0.15) is 22.4 Å². The second-order valence-electron chi connectivity index (χ2n) is 7.71. The number of pyridine rings is 1. The van der Waals surface area contributed by atoms with Crippen LogP contribution in [0.2, 0.25) is 0 Å². The molecule has 4 aromatic rings. The van der Waals surface area contributed by atoms with E-state index in [0.717, 1.165) is 33.5 Å². The van der Waals surface area contributed by atoms with Crippen LogP contribution in [0.3, 0.4) is 0 Å². The fourth-order valence-electron chi connectivity index (χ4n) is 3.55. The molecule has 0 saturated heterocycles. The standard InChI is InChI=1S/C25H24N4O2/c1-17-10-11-20(13-18(17)2)28(3)24(30)16-29-25(31)22-9-5-4-8-21(22)23(27-29)14-19-7-6-12-26-15-19/h4-13,15H,14,16H2,1-3H3. The summed E-state index contributed by atoms with van der Waals surface area (Å²) in [6, 6.07) is 17.1. The normalized spacial score (nSPS) is 10.9. The van der Waals surface area contributed by atoms with Crippen LogP contribution in [0.4, 0.5) is 5.69 Å². The largest absolute Gasteiger partial charge is 0.314 e. The number of hydrogen-bond donors (Lipinski definition) is 0. The lowest BCUT2D eigenvalue weighted by Gasteiger charge is -2.19. The van der Waals surface area contributed by atoms with Crippen LogP contribution >= 0.6 is 0 Å². The molecule has 0 fully saturated rings. The first kappa shape index (κ1) is 20.5. The van der Waals surface area contributed by atoms with Crippen molar-refractivity contribution >= 4 is 22.4 Å². The van der Waals surface area contributed by atoms with E-state index < -0.39 is 0 Å². The zero-order valence-electron chi connectivity index (χ0n) is 17.9. The Morgan fingerprint density at radius 3 is 2.48 bits per heavy atom. The van der Waals surface area contributed by atoms with Crippen molar-refractivity contribution in [1.29, 1.82) is 0 Å². The van der Waals surface area contributed by atoms with Crippen LogP contribution in [0.5, 0.6) is 0 Å². The molecule has 0 aliphatic carbocycles. The number of carbonyl (C=O) groups excluding carboxylic acids is 1. The summed E-state index contributed by atoms with van der Waals surface area (Å²) >= 11 is 0. The molecule has 31 heavy (non-hydrogen) atoms. The van der Waals surface area contributed by atoms with Crippen LogP contribution in [0, 0.1) is 13.8 Å². The number of hydrogen-bond acceptors (Lipinski definition) is 4. The summed E-state index contributed by atoms with van der Waals surface area (Å²) < 4.78 is 1.27. The predicted molar refractivity (Wildman–Crippen MR) is 122 cm³/mol. The minimum absolute atomic E-state index is 0.132. The van der Waals surface area contributed by atoms with Crippen molar-refractivity contribution in [3.63, 3.8) is 0 Å². The van der Waals surface area contributed by atoms with Gasteiger partial charge in [0.05, 0.1) is 11.1 Å². The highest BCUT2D eigenvalue weighted by molar-refractivity contribution is 5.93. The van der Waals surface area contributed by atoms with Crippen molar-refractivity contribution in [2.75, 3.05) is 11.9 Å². The molecule has 4 rings (SSSR count). The van der Waals surface area contributed by atoms with Crippen molar-refractivity contribution in [3.8, 4) is 0 Å². The number of fused-ring (bicyclic) bond motifs is 1. The van der Waals surface area contributed by atoms with Gasteiger partial charge in [-0.15, -0.1) is 0 Å². The van der Waals surface area contributed by atoms with Gasteiger partial charge in [0.25, 0.3) is 5.56 Å². The molecule has 0 bridgehead atoms. The summed E-state index contributed by atoms with van der Waals surface area (Å²) in [4.78, 5) is 31.8. The van der Waals surface area contributed by atoms with Crippen molar-refractivity contribution in [1.82, 2.24) is 14.8 Å². The Morgan fingerprint density at radius 2 is 1.77 bits per heavy atom. The van der Waals surface area contributed by atoms with E-state index in [0.29, 0.717) is 11.8 Å². The molecule has 0 atom stereocenters. The lowest BCUT2D eigenvalue weighted by Crippen LogP contribution is -2.35. The number of benzene rings is 2. The first-order chi connectivity index (χ1) is 14.9. The van der Waals surface area contributed by atoms with E-state index in [9.17, 15) is 9.59 Å². The highest BCUT2D eigenvalue weighted by Crippen LogP contribution is 2.19. The SMILES string of the molecule is Cc1ccc(N(C)C(=O)Cn2nc(Cc3cccnc3)c3ccccc3c2=O)cc1C. The maximum atomic E-state index is 13.0. The third-order valence-electron chi connectivity index (χ3n) is 5.58. The maximum Gasteiger partial charge on any atom is 0.275 e. The number of nitrogens with zero attached hydrogens (tertiary/aromatic N) is 4. The molecular formula is C25H24N4O2. The third-order valence-corrected chi connectivity index (χ3v) is 5.58. The zero-order valence-corrected chi connectivity index (χ0v) is 17.9. The molecule has 6 nitrogen and oxygen atoms in total. The molecule has 0 saturated carbocycles. The fourth-order valence-corrected chi connectivity index (χ4v) is 3.55. The zero-order chi connectivity index (χ0) is 22.0. The summed E-state index contributed by atoms with van der Waals surface area (Å²) in [5.74, 6) is -0.208. The van der Waals surface area contributed by atoms with Gasteiger partial charge in [-0.25, -0.2) is 4.68 Å². The molecule has 0 aliphatic rings. The van der Waals surface area contributed by atoms with Gasteiger partial charge < -0.3 is 4.90 Å². The summed E-state index contributed by atoms with van der Waals surface area (Å²) in [6.45, 7) is 3.91. The van der Waals surface area contributed by atoms with Crippen LogP contribution in [0.25, 0.3) is 10.8 Å². The van der Waals surface area contributed by atoms with Crippen molar-refractivity contribution in [3.05, 3.63) is 99.7 Å². The van der Waals surface area contributed by atoms with Gasteiger partial charge in [0, 0.05) is 36.9 Å². The van der Waals surface area contributed by atoms with E-state index in [2.05, 4.69) is 10.1 Å². The van der Waals surface area contributed by atoms with Crippen molar-refractivity contribution < 1.29 is 4.79 Å². The summed E-state index contributed by atoms with van der Waals surface area (Å²) in [6.07, 6.45) is 4.03. The van der Waals surface area contributed by atoms with Gasteiger partial charge in [-0.1, -0.05) is 30.3 Å². The number of likely N-dealkylation sites (N-methyl/N-ethyl adjacent to an activating group) is 1. The molecule has 1 amide bonds. The number of anilines is 1. The minimum atomic E-state index is -0.271. The number of amides is 1. The molecule has 0 spiro atoms.